The van der Waals surface area contributed by atoms with Gasteiger partial charge in [-0.2, -0.15) is 5.26 Å². The molecule has 0 aromatic rings. The summed E-state index contributed by atoms with van der Waals surface area (Å²) in [5.41, 5.74) is -0.527. The van der Waals surface area contributed by atoms with Gasteiger partial charge in [0.2, 0.25) is 0 Å². The molecule has 2 nitrogen and oxygen atoms in total. The van der Waals surface area contributed by atoms with E-state index in [0.717, 1.165) is 0 Å². The van der Waals surface area contributed by atoms with Crippen LogP contribution >= 0.6 is 0 Å². The summed E-state index contributed by atoms with van der Waals surface area (Å²) in [6.45, 7) is 3.99. The van der Waals surface area contributed by atoms with E-state index in [9.17, 15) is 5.11 Å². The Morgan fingerprint density at radius 3 is 2.40 bits per heavy atom. The molecule has 0 bridgehead atoms. The zero-order chi connectivity index (χ0) is 7.78. The molecule has 0 heterocycles. The topological polar surface area (TPSA) is 44.0 Å². The second-order valence-electron chi connectivity index (χ2n) is 3.49. The molecule has 0 aromatic heterocycles. The van der Waals surface area contributed by atoms with Crippen molar-refractivity contribution in [1.82, 2.24) is 0 Å². The van der Waals surface area contributed by atoms with Crippen LogP contribution in [-0.4, -0.2) is 10.7 Å². The molecule has 1 saturated carbocycles. The molecule has 56 valence electrons. The first kappa shape index (κ1) is 7.56. The van der Waals surface area contributed by atoms with Crippen molar-refractivity contribution in [2.24, 2.45) is 11.8 Å². The largest absolute Gasteiger partial charge is 0.390 e. The number of hydrogen-bond acceptors (Lipinski definition) is 2. The van der Waals surface area contributed by atoms with Crippen molar-refractivity contribution in [3.05, 3.63) is 0 Å². The van der Waals surface area contributed by atoms with E-state index in [1.54, 1.807) is 0 Å². The second-order valence-corrected chi connectivity index (χ2v) is 3.49. The predicted octanol–water partition coefficient (Wildman–Crippen LogP) is 1.31. The fourth-order valence-corrected chi connectivity index (χ4v) is 1.36. The average molecular weight is 139 g/mol. The molecule has 10 heavy (non-hydrogen) atoms. The minimum absolute atomic E-state index is 0.104. The quantitative estimate of drug-likeness (QED) is 0.595. The van der Waals surface area contributed by atoms with Crippen molar-refractivity contribution in [2.75, 3.05) is 0 Å². The molecule has 0 saturated heterocycles. The van der Waals surface area contributed by atoms with Crippen LogP contribution in [0.4, 0.5) is 0 Å². The molecule has 2 heteroatoms. The first-order valence-electron chi connectivity index (χ1n) is 3.70. The highest BCUT2D eigenvalue weighted by molar-refractivity contribution is 5.04. The Labute approximate surface area is 61.5 Å². The molecule has 0 amide bonds. The zero-order valence-electron chi connectivity index (χ0n) is 6.46. The van der Waals surface area contributed by atoms with Crippen molar-refractivity contribution >= 4 is 0 Å². The molecule has 1 N–H and O–H groups in total. The maximum atomic E-state index is 9.64. The van der Waals surface area contributed by atoms with Crippen LogP contribution in [0.5, 0.6) is 0 Å². The van der Waals surface area contributed by atoms with Crippen molar-refractivity contribution in [3.63, 3.8) is 0 Å². The van der Waals surface area contributed by atoms with E-state index >= 15 is 0 Å². The Kier molecular flexibility index (Phi) is 1.70. The molecular weight excluding hydrogens is 126 g/mol. The van der Waals surface area contributed by atoms with Gasteiger partial charge in [-0.3, -0.25) is 0 Å². The lowest BCUT2D eigenvalue weighted by Gasteiger charge is -2.43. The van der Waals surface area contributed by atoms with Crippen LogP contribution in [0.3, 0.4) is 0 Å². The van der Waals surface area contributed by atoms with Crippen molar-refractivity contribution in [1.29, 1.82) is 5.26 Å². The van der Waals surface area contributed by atoms with Gasteiger partial charge >= 0.3 is 0 Å². The van der Waals surface area contributed by atoms with Gasteiger partial charge in [0.25, 0.3) is 0 Å². The third-order valence-corrected chi connectivity index (χ3v) is 2.46. The fraction of sp³-hybridized carbons (Fsp3) is 0.875. The predicted molar refractivity (Wildman–Crippen MR) is 38.1 cm³/mol. The molecule has 1 aliphatic carbocycles. The van der Waals surface area contributed by atoms with E-state index in [-0.39, 0.29) is 11.8 Å². The third kappa shape index (κ3) is 1.02. The van der Waals surface area contributed by atoms with Crippen LogP contribution < -0.4 is 0 Å². The van der Waals surface area contributed by atoms with Crippen LogP contribution in [-0.2, 0) is 0 Å². The maximum absolute atomic E-state index is 9.64. The summed E-state index contributed by atoms with van der Waals surface area (Å²) in [4.78, 5) is 0. The van der Waals surface area contributed by atoms with Gasteiger partial charge in [-0.25, -0.2) is 0 Å². The maximum Gasteiger partial charge on any atom is 0.0695 e. The lowest BCUT2D eigenvalue weighted by Crippen LogP contribution is -2.47. The van der Waals surface area contributed by atoms with E-state index in [2.05, 4.69) is 6.07 Å². The Hall–Kier alpha value is -0.550. The van der Waals surface area contributed by atoms with Gasteiger partial charge in [-0.05, 0) is 18.8 Å². The molecule has 0 radical (unpaired) electrons. The molecule has 0 spiro atoms. The van der Waals surface area contributed by atoms with E-state index < -0.39 is 5.60 Å². The molecule has 1 aliphatic rings. The number of rotatable bonds is 1. The van der Waals surface area contributed by atoms with Gasteiger partial charge in [-0.1, -0.05) is 13.8 Å². The van der Waals surface area contributed by atoms with Crippen LogP contribution in [0.25, 0.3) is 0 Å². The van der Waals surface area contributed by atoms with Gasteiger partial charge in [0, 0.05) is 0 Å². The van der Waals surface area contributed by atoms with Crippen molar-refractivity contribution < 1.29 is 5.11 Å². The second kappa shape index (κ2) is 2.25. The van der Waals surface area contributed by atoms with E-state index in [4.69, 9.17) is 5.26 Å². The fourth-order valence-electron chi connectivity index (χ4n) is 1.36. The van der Waals surface area contributed by atoms with Gasteiger partial charge in [-0.15, -0.1) is 0 Å². The summed E-state index contributed by atoms with van der Waals surface area (Å²) < 4.78 is 0. The summed E-state index contributed by atoms with van der Waals surface area (Å²) in [5.74, 6) is 0.393. The SMILES string of the molecule is CC(C)C1(O)CC(C#N)C1. The summed E-state index contributed by atoms with van der Waals surface area (Å²) in [5, 5.41) is 18.1. The first-order chi connectivity index (χ1) is 4.58. The molecular formula is C8H13NO. The molecule has 0 atom stereocenters. The standard InChI is InChI=1S/C8H13NO/c1-6(2)8(10)3-7(4-8)5-9/h6-7,10H,3-4H2,1-2H3. The van der Waals surface area contributed by atoms with Gasteiger partial charge in [0.1, 0.15) is 0 Å². The number of aliphatic hydroxyl groups is 1. The molecule has 0 aliphatic heterocycles. The Bertz CT molecular complexity index is 163. The van der Waals surface area contributed by atoms with Crippen LogP contribution in [0.2, 0.25) is 0 Å². The lowest BCUT2D eigenvalue weighted by atomic mass is 9.66. The van der Waals surface area contributed by atoms with Crippen molar-refractivity contribution in [3.8, 4) is 6.07 Å². The highest BCUT2D eigenvalue weighted by atomic mass is 16.3. The van der Waals surface area contributed by atoms with Crippen LogP contribution in [0.1, 0.15) is 26.7 Å². The normalized spacial score (nSPS) is 38.9. The van der Waals surface area contributed by atoms with Crippen LogP contribution in [0.15, 0.2) is 0 Å². The minimum Gasteiger partial charge on any atom is -0.390 e. The number of hydrogen-bond donors (Lipinski definition) is 1. The first-order valence-corrected chi connectivity index (χ1v) is 3.70. The van der Waals surface area contributed by atoms with Gasteiger partial charge < -0.3 is 5.11 Å². The van der Waals surface area contributed by atoms with Gasteiger partial charge in [0.15, 0.2) is 0 Å². The summed E-state index contributed by atoms with van der Waals surface area (Å²) in [7, 11) is 0. The van der Waals surface area contributed by atoms with Crippen molar-refractivity contribution in [2.45, 2.75) is 32.3 Å². The Morgan fingerprint density at radius 1 is 1.60 bits per heavy atom. The Balaban J connectivity index is 2.43. The van der Waals surface area contributed by atoms with Gasteiger partial charge in [0.05, 0.1) is 17.6 Å². The monoisotopic (exact) mass is 139 g/mol. The minimum atomic E-state index is -0.527. The Morgan fingerprint density at radius 2 is 2.10 bits per heavy atom. The summed E-state index contributed by atoms with van der Waals surface area (Å²) in [6, 6.07) is 2.15. The summed E-state index contributed by atoms with van der Waals surface area (Å²) >= 11 is 0. The summed E-state index contributed by atoms with van der Waals surface area (Å²) in [6.07, 6.45) is 1.34. The van der Waals surface area contributed by atoms with E-state index in [1.165, 1.54) is 0 Å². The zero-order valence-corrected chi connectivity index (χ0v) is 6.46. The number of nitriles is 1. The molecule has 1 fully saturated rings. The highest BCUT2D eigenvalue weighted by Gasteiger charge is 2.44. The number of nitrogens with zero attached hydrogens (tertiary/aromatic N) is 1. The highest BCUT2D eigenvalue weighted by Crippen LogP contribution is 2.42. The van der Waals surface area contributed by atoms with E-state index in [1.807, 2.05) is 13.8 Å². The molecule has 0 unspecified atom stereocenters. The smallest absolute Gasteiger partial charge is 0.0695 e. The lowest BCUT2D eigenvalue weighted by molar-refractivity contribution is -0.0929. The molecule has 1 rings (SSSR count). The third-order valence-electron chi connectivity index (χ3n) is 2.46. The average Bonchev–Trinajstić information content (AvgIpc) is 1.80. The van der Waals surface area contributed by atoms with E-state index in [0.29, 0.717) is 12.8 Å². The molecule has 0 aromatic carbocycles. The van der Waals surface area contributed by atoms with Crippen LogP contribution in [0, 0.1) is 23.2 Å².